The van der Waals surface area contributed by atoms with Crippen LogP contribution in [0.25, 0.3) is 0 Å². The van der Waals surface area contributed by atoms with E-state index in [9.17, 15) is 15.0 Å². The maximum atomic E-state index is 12.4. The van der Waals surface area contributed by atoms with E-state index in [1.54, 1.807) is 11.3 Å². The minimum absolute atomic E-state index is 0.0993. The van der Waals surface area contributed by atoms with Crippen LogP contribution in [0.5, 0.6) is 0 Å². The standard InChI is InChI=1S/C14H20N2O3S/c17-11-7-15(8-12(11)18)9-14(19)16-5-1-3-10(16)13-4-2-6-20-13/h2,4,6,10-12,17-18H,1,3,5,7-9H2/t10?,11-,12+. The van der Waals surface area contributed by atoms with Crippen molar-refractivity contribution in [3.05, 3.63) is 22.4 Å². The third kappa shape index (κ3) is 2.74. The van der Waals surface area contributed by atoms with Crippen LogP contribution >= 0.6 is 11.3 Å². The van der Waals surface area contributed by atoms with Crippen LogP contribution in [0.2, 0.25) is 0 Å². The quantitative estimate of drug-likeness (QED) is 0.850. The predicted molar refractivity (Wildman–Crippen MR) is 76.5 cm³/mol. The first kappa shape index (κ1) is 14.0. The molecule has 2 aliphatic heterocycles. The van der Waals surface area contributed by atoms with Crippen molar-refractivity contribution in [2.24, 2.45) is 0 Å². The molecule has 0 radical (unpaired) electrons. The highest BCUT2D eigenvalue weighted by Gasteiger charge is 2.35. The van der Waals surface area contributed by atoms with Gasteiger partial charge in [-0.25, -0.2) is 0 Å². The minimum atomic E-state index is -0.727. The van der Waals surface area contributed by atoms with Gasteiger partial charge in [0.25, 0.3) is 0 Å². The zero-order valence-corrected chi connectivity index (χ0v) is 12.1. The number of amides is 1. The van der Waals surface area contributed by atoms with E-state index in [1.165, 1.54) is 4.88 Å². The summed E-state index contributed by atoms with van der Waals surface area (Å²) in [6, 6.07) is 4.32. The summed E-state index contributed by atoms with van der Waals surface area (Å²) in [6.45, 7) is 1.85. The molecule has 2 aliphatic rings. The molecule has 20 heavy (non-hydrogen) atoms. The molecule has 0 bridgehead atoms. The second-order valence-corrected chi connectivity index (χ2v) is 6.57. The summed E-state index contributed by atoms with van der Waals surface area (Å²) < 4.78 is 0. The molecule has 110 valence electrons. The summed E-state index contributed by atoms with van der Waals surface area (Å²) in [6.07, 6.45) is 0.612. The molecule has 3 atom stereocenters. The van der Waals surface area contributed by atoms with Crippen molar-refractivity contribution < 1.29 is 15.0 Å². The highest BCUT2D eigenvalue weighted by molar-refractivity contribution is 7.10. The topological polar surface area (TPSA) is 64.0 Å². The van der Waals surface area contributed by atoms with Gasteiger partial charge in [-0.05, 0) is 24.3 Å². The summed E-state index contributed by atoms with van der Waals surface area (Å²) in [5.41, 5.74) is 0. The molecule has 3 heterocycles. The summed E-state index contributed by atoms with van der Waals surface area (Å²) in [5.74, 6) is 0.0993. The fraction of sp³-hybridized carbons (Fsp3) is 0.643. The van der Waals surface area contributed by atoms with Crippen LogP contribution in [-0.2, 0) is 4.79 Å². The molecule has 1 unspecified atom stereocenters. The van der Waals surface area contributed by atoms with Gasteiger partial charge in [-0.3, -0.25) is 9.69 Å². The normalized spacial score (nSPS) is 31.1. The van der Waals surface area contributed by atoms with Crippen molar-refractivity contribution in [1.82, 2.24) is 9.80 Å². The predicted octanol–water partition coefficient (Wildman–Crippen LogP) is 0.449. The summed E-state index contributed by atoms with van der Waals surface area (Å²) in [4.78, 5) is 17.5. The Morgan fingerprint density at radius 1 is 1.35 bits per heavy atom. The molecule has 1 aromatic heterocycles. The van der Waals surface area contributed by atoms with Crippen molar-refractivity contribution >= 4 is 17.2 Å². The lowest BCUT2D eigenvalue weighted by Crippen LogP contribution is -2.39. The van der Waals surface area contributed by atoms with Gasteiger partial charge < -0.3 is 15.1 Å². The Kier molecular flexibility index (Phi) is 4.07. The van der Waals surface area contributed by atoms with Gasteiger partial charge >= 0.3 is 0 Å². The number of rotatable bonds is 3. The summed E-state index contributed by atoms with van der Waals surface area (Å²) in [5, 5.41) is 21.1. The molecule has 2 fully saturated rings. The molecule has 3 rings (SSSR count). The average Bonchev–Trinajstić information content (AvgIpc) is 3.11. The third-order valence-corrected chi connectivity index (χ3v) is 5.11. The molecule has 6 heteroatoms. The first-order chi connectivity index (χ1) is 9.65. The maximum Gasteiger partial charge on any atom is 0.237 e. The van der Waals surface area contributed by atoms with E-state index >= 15 is 0 Å². The fourth-order valence-electron chi connectivity index (χ4n) is 3.10. The first-order valence-electron chi connectivity index (χ1n) is 7.06. The fourth-order valence-corrected chi connectivity index (χ4v) is 3.97. The number of carbonyl (C=O) groups is 1. The molecule has 2 saturated heterocycles. The number of hydrogen-bond donors (Lipinski definition) is 2. The number of aliphatic hydroxyl groups excluding tert-OH is 2. The van der Waals surface area contributed by atoms with E-state index in [4.69, 9.17) is 0 Å². The molecule has 0 aliphatic carbocycles. The Morgan fingerprint density at radius 2 is 2.10 bits per heavy atom. The number of hydrogen-bond acceptors (Lipinski definition) is 5. The molecular weight excluding hydrogens is 276 g/mol. The number of β-amino-alcohol motifs (C(OH)–C–C–N with tert-alkyl or cyclic N) is 2. The Morgan fingerprint density at radius 3 is 2.75 bits per heavy atom. The van der Waals surface area contributed by atoms with E-state index in [2.05, 4.69) is 6.07 Å². The van der Waals surface area contributed by atoms with Crippen LogP contribution in [0, 0.1) is 0 Å². The minimum Gasteiger partial charge on any atom is -0.389 e. The van der Waals surface area contributed by atoms with Crippen molar-refractivity contribution in [2.75, 3.05) is 26.2 Å². The van der Waals surface area contributed by atoms with Crippen LogP contribution in [0.15, 0.2) is 17.5 Å². The van der Waals surface area contributed by atoms with Crippen molar-refractivity contribution in [2.45, 2.75) is 31.1 Å². The SMILES string of the molecule is O=C(CN1C[C@@H](O)[C@@H](O)C1)N1CCCC1c1cccs1. The average molecular weight is 296 g/mol. The molecule has 1 amide bonds. The van der Waals surface area contributed by atoms with Gasteiger partial charge in [0, 0.05) is 24.5 Å². The second kappa shape index (κ2) is 5.81. The lowest BCUT2D eigenvalue weighted by atomic mass is 10.2. The highest BCUT2D eigenvalue weighted by atomic mass is 32.1. The zero-order valence-electron chi connectivity index (χ0n) is 11.3. The molecule has 5 nitrogen and oxygen atoms in total. The molecular formula is C14H20N2O3S. The van der Waals surface area contributed by atoms with E-state index in [-0.39, 0.29) is 18.5 Å². The molecule has 0 aromatic carbocycles. The van der Waals surface area contributed by atoms with Crippen LogP contribution < -0.4 is 0 Å². The van der Waals surface area contributed by atoms with E-state index in [0.717, 1.165) is 19.4 Å². The van der Waals surface area contributed by atoms with Crippen LogP contribution in [0.4, 0.5) is 0 Å². The molecule has 0 spiro atoms. The van der Waals surface area contributed by atoms with E-state index in [1.807, 2.05) is 21.2 Å². The van der Waals surface area contributed by atoms with Crippen LogP contribution in [0.3, 0.4) is 0 Å². The second-order valence-electron chi connectivity index (χ2n) is 5.59. The van der Waals surface area contributed by atoms with Gasteiger partial charge in [-0.1, -0.05) is 6.07 Å². The highest BCUT2D eigenvalue weighted by Crippen LogP contribution is 2.34. The number of carbonyl (C=O) groups excluding carboxylic acids is 1. The van der Waals surface area contributed by atoms with Gasteiger partial charge in [0.15, 0.2) is 0 Å². The number of aliphatic hydroxyl groups is 2. The van der Waals surface area contributed by atoms with Gasteiger partial charge in [-0.15, -0.1) is 11.3 Å². The van der Waals surface area contributed by atoms with Crippen LogP contribution in [0.1, 0.15) is 23.8 Å². The van der Waals surface area contributed by atoms with Crippen molar-refractivity contribution in [3.8, 4) is 0 Å². The molecule has 1 aromatic rings. The zero-order chi connectivity index (χ0) is 14.1. The first-order valence-corrected chi connectivity index (χ1v) is 7.94. The third-order valence-electron chi connectivity index (χ3n) is 4.14. The van der Waals surface area contributed by atoms with Crippen molar-refractivity contribution in [3.63, 3.8) is 0 Å². The van der Waals surface area contributed by atoms with Gasteiger partial charge in [-0.2, -0.15) is 0 Å². The number of thiophene rings is 1. The number of nitrogens with zero attached hydrogens (tertiary/aromatic N) is 2. The Balaban J connectivity index is 1.62. The summed E-state index contributed by atoms with van der Waals surface area (Å²) >= 11 is 1.70. The largest absolute Gasteiger partial charge is 0.389 e. The van der Waals surface area contributed by atoms with Crippen LogP contribution in [-0.4, -0.2) is 64.3 Å². The smallest absolute Gasteiger partial charge is 0.237 e. The van der Waals surface area contributed by atoms with Gasteiger partial charge in [0.2, 0.25) is 5.91 Å². The molecule has 0 saturated carbocycles. The van der Waals surface area contributed by atoms with E-state index < -0.39 is 12.2 Å². The Hall–Kier alpha value is -0.950. The summed E-state index contributed by atoms with van der Waals surface area (Å²) in [7, 11) is 0. The molecule has 2 N–H and O–H groups in total. The van der Waals surface area contributed by atoms with Gasteiger partial charge in [0.1, 0.15) is 0 Å². The van der Waals surface area contributed by atoms with E-state index in [0.29, 0.717) is 13.1 Å². The lowest BCUT2D eigenvalue weighted by Gasteiger charge is -2.26. The lowest BCUT2D eigenvalue weighted by molar-refractivity contribution is -0.133. The monoisotopic (exact) mass is 296 g/mol. The van der Waals surface area contributed by atoms with Crippen molar-refractivity contribution in [1.29, 1.82) is 0 Å². The maximum absolute atomic E-state index is 12.4. The van der Waals surface area contributed by atoms with Gasteiger partial charge in [0.05, 0.1) is 24.8 Å². The Bertz CT molecular complexity index is 455. The number of likely N-dealkylation sites (tertiary alicyclic amines) is 2. The Labute approximate surface area is 122 Å².